The first kappa shape index (κ1) is 22.9. The number of hydrogen-bond acceptors (Lipinski definition) is 9. The van der Waals surface area contributed by atoms with Gasteiger partial charge < -0.3 is 32.8 Å². The molecule has 0 bridgehead atoms. The van der Waals surface area contributed by atoms with Crippen LogP contribution < -0.4 is 18.9 Å². The molecule has 1 aromatic heterocycles. The fourth-order valence-electron chi connectivity index (χ4n) is 3.60. The van der Waals surface area contributed by atoms with E-state index in [1.54, 1.807) is 24.3 Å². The van der Waals surface area contributed by atoms with E-state index in [1.165, 1.54) is 26.4 Å². The fourth-order valence-corrected chi connectivity index (χ4v) is 3.60. The van der Waals surface area contributed by atoms with Gasteiger partial charge in [-0.05, 0) is 47.5 Å². The van der Waals surface area contributed by atoms with Gasteiger partial charge in [-0.15, -0.1) is 0 Å². The van der Waals surface area contributed by atoms with E-state index in [2.05, 4.69) is 0 Å². The van der Waals surface area contributed by atoms with Gasteiger partial charge in [-0.3, -0.25) is 0 Å². The molecule has 0 spiro atoms. The summed E-state index contributed by atoms with van der Waals surface area (Å²) in [6, 6.07) is 13.3. The molecular formula is C26H24O9. The van der Waals surface area contributed by atoms with Gasteiger partial charge in [-0.1, -0.05) is 12.1 Å². The average Bonchev–Trinajstić information content (AvgIpc) is 3.80. The molecule has 0 saturated carbocycles. The van der Waals surface area contributed by atoms with Crippen LogP contribution in [0.5, 0.6) is 23.0 Å². The van der Waals surface area contributed by atoms with E-state index >= 15 is 0 Å². The minimum absolute atomic E-state index is 0.152. The summed E-state index contributed by atoms with van der Waals surface area (Å²) >= 11 is 0. The lowest BCUT2D eigenvalue weighted by molar-refractivity contribution is 0.0665. The molecule has 182 valence electrons. The Kier molecular flexibility index (Phi) is 6.43. The van der Waals surface area contributed by atoms with Crippen LogP contribution in [0.25, 0.3) is 0 Å². The number of furan rings is 1. The van der Waals surface area contributed by atoms with E-state index in [0.717, 1.165) is 37.2 Å². The lowest BCUT2D eigenvalue weighted by Gasteiger charge is -2.10. The van der Waals surface area contributed by atoms with Crippen molar-refractivity contribution in [1.29, 1.82) is 0 Å². The maximum atomic E-state index is 12.6. The minimum Gasteiger partial charge on any atom is -0.493 e. The summed E-state index contributed by atoms with van der Waals surface area (Å²) < 4.78 is 37.4. The van der Waals surface area contributed by atoms with Crippen molar-refractivity contribution >= 4 is 11.9 Å². The molecule has 5 rings (SSSR count). The zero-order valence-electron chi connectivity index (χ0n) is 19.3. The summed E-state index contributed by atoms with van der Waals surface area (Å²) in [6.07, 6.45) is 1.97. The molecule has 9 nitrogen and oxygen atoms in total. The lowest BCUT2D eigenvalue weighted by atomic mass is 10.1. The Hall–Kier alpha value is -3.82. The predicted octanol–water partition coefficient (Wildman–Crippen LogP) is 3.62. The highest BCUT2D eigenvalue weighted by Crippen LogP contribution is 2.32. The van der Waals surface area contributed by atoms with Crippen molar-refractivity contribution < 1.29 is 42.4 Å². The van der Waals surface area contributed by atoms with Crippen LogP contribution in [0, 0.1) is 0 Å². The Morgan fingerprint density at radius 3 is 1.51 bits per heavy atom. The summed E-state index contributed by atoms with van der Waals surface area (Å²) in [6.45, 7) is 1.49. The van der Waals surface area contributed by atoms with Gasteiger partial charge >= 0.3 is 11.9 Å². The normalized spacial score (nSPS) is 18.0. The number of benzene rings is 2. The highest BCUT2D eigenvalue weighted by Gasteiger charge is 2.25. The minimum atomic E-state index is -0.773. The molecular weight excluding hydrogens is 456 g/mol. The van der Waals surface area contributed by atoms with E-state index in [-0.39, 0.29) is 35.2 Å². The number of ether oxygens (including phenoxy) is 6. The van der Waals surface area contributed by atoms with Gasteiger partial charge in [0, 0.05) is 12.8 Å². The molecule has 3 heterocycles. The van der Waals surface area contributed by atoms with Crippen molar-refractivity contribution in [2.75, 3.05) is 27.4 Å². The van der Waals surface area contributed by atoms with Crippen LogP contribution in [0.2, 0.25) is 0 Å². The highest BCUT2D eigenvalue weighted by atomic mass is 16.6. The molecule has 3 aromatic rings. The lowest BCUT2D eigenvalue weighted by Crippen LogP contribution is -2.10. The maximum absolute atomic E-state index is 12.6. The van der Waals surface area contributed by atoms with Crippen molar-refractivity contribution in [2.24, 2.45) is 0 Å². The molecule has 2 aromatic carbocycles. The Labute approximate surface area is 201 Å². The van der Waals surface area contributed by atoms with Crippen LogP contribution in [0.15, 0.2) is 52.9 Å². The molecule has 0 N–H and O–H groups in total. The van der Waals surface area contributed by atoms with Crippen molar-refractivity contribution in [2.45, 2.75) is 25.0 Å². The van der Waals surface area contributed by atoms with E-state index in [9.17, 15) is 9.59 Å². The summed E-state index contributed by atoms with van der Waals surface area (Å²) in [7, 11) is 2.98. The third-order valence-corrected chi connectivity index (χ3v) is 5.60. The molecule has 2 atom stereocenters. The van der Waals surface area contributed by atoms with Gasteiger partial charge in [0.1, 0.15) is 0 Å². The van der Waals surface area contributed by atoms with Crippen LogP contribution in [-0.2, 0) is 22.3 Å². The van der Waals surface area contributed by atoms with Crippen LogP contribution in [0.4, 0.5) is 0 Å². The van der Waals surface area contributed by atoms with E-state index in [4.69, 9.17) is 32.8 Å². The Balaban J connectivity index is 1.24. The molecule has 2 saturated heterocycles. The Bertz CT molecular complexity index is 1140. The number of epoxide rings is 2. The van der Waals surface area contributed by atoms with Gasteiger partial charge in [-0.25, -0.2) is 9.59 Å². The molecule has 2 unspecified atom stereocenters. The standard InChI is InChI=1S/C26H24O9/c1-29-23-11-15(9-17-13-31-17)3-5-19(23)34-25(27)21-7-8-22(33-21)26(28)35-20-6-4-16(10-18-14-32-18)12-24(20)30-2/h3-8,11-12,17-18H,9-10,13-14H2,1-2H3. The number of carbonyl (C=O) groups excluding carboxylic acids is 2. The maximum Gasteiger partial charge on any atom is 0.379 e. The summed E-state index contributed by atoms with van der Waals surface area (Å²) in [5, 5.41) is 0. The SMILES string of the molecule is COc1cc(CC2CO2)ccc1OC(=O)c1ccc(C(=O)Oc2ccc(CC3CO3)cc2OC)o1. The van der Waals surface area contributed by atoms with Gasteiger partial charge in [0.15, 0.2) is 23.0 Å². The van der Waals surface area contributed by atoms with Crippen molar-refractivity contribution in [3.63, 3.8) is 0 Å². The monoisotopic (exact) mass is 480 g/mol. The first-order chi connectivity index (χ1) is 17.0. The molecule has 0 radical (unpaired) electrons. The molecule has 35 heavy (non-hydrogen) atoms. The number of carbonyl (C=O) groups is 2. The summed E-state index contributed by atoms with van der Waals surface area (Å²) in [5.41, 5.74) is 2.02. The van der Waals surface area contributed by atoms with E-state index in [1.807, 2.05) is 12.1 Å². The third kappa shape index (κ3) is 5.64. The third-order valence-electron chi connectivity index (χ3n) is 5.60. The zero-order chi connectivity index (χ0) is 24.4. The fraction of sp³-hybridized carbons (Fsp3) is 0.308. The molecule has 0 aliphatic carbocycles. The van der Waals surface area contributed by atoms with Crippen LogP contribution in [0.1, 0.15) is 32.2 Å². The second kappa shape index (κ2) is 9.81. The van der Waals surface area contributed by atoms with Crippen molar-refractivity contribution in [3.05, 3.63) is 71.2 Å². The van der Waals surface area contributed by atoms with Gasteiger partial charge in [-0.2, -0.15) is 0 Å². The van der Waals surface area contributed by atoms with Crippen molar-refractivity contribution in [1.82, 2.24) is 0 Å². The molecule has 9 heteroatoms. The molecule has 0 amide bonds. The van der Waals surface area contributed by atoms with Crippen LogP contribution >= 0.6 is 0 Å². The average molecular weight is 480 g/mol. The summed E-state index contributed by atoms with van der Waals surface area (Å²) in [5.74, 6) is -0.560. The number of esters is 2. The van der Waals surface area contributed by atoms with Gasteiger partial charge in [0.2, 0.25) is 11.5 Å². The zero-order valence-corrected chi connectivity index (χ0v) is 19.3. The van der Waals surface area contributed by atoms with E-state index < -0.39 is 11.9 Å². The number of methoxy groups -OCH3 is 2. The topological polar surface area (TPSA) is 109 Å². The van der Waals surface area contributed by atoms with E-state index in [0.29, 0.717) is 11.5 Å². The van der Waals surface area contributed by atoms with Gasteiger partial charge in [0.05, 0.1) is 39.6 Å². The van der Waals surface area contributed by atoms with Crippen LogP contribution in [0.3, 0.4) is 0 Å². The quantitative estimate of drug-likeness (QED) is 0.244. The molecule has 2 aliphatic heterocycles. The number of rotatable bonds is 10. The molecule has 2 fully saturated rings. The second-order valence-corrected chi connectivity index (χ2v) is 8.23. The first-order valence-electron chi connectivity index (χ1n) is 11.1. The van der Waals surface area contributed by atoms with Crippen LogP contribution in [-0.4, -0.2) is 51.6 Å². The van der Waals surface area contributed by atoms with Crippen molar-refractivity contribution in [3.8, 4) is 23.0 Å². The summed E-state index contributed by atoms with van der Waals surface area (Å²) in [4.78, 5) is 25.2. The Morgan fingerprint density at radius 1 is 0.714 bits per heavy atom. The highest BCUT2D eigenvalue weighted by molar-refractivity contribution is 5.93. The first-order valence-corrected chi connectivity index (χ1v) is 11.1. The second-order valence-electron chi connectivity index (χ2n) is 8.23. The predicted molar refractivity (Wildman–Crippen MR) is 122 cm³/mol. The Morgan fingerprint density at radius 2 is 1.14 bits per heavy atom. The number of hydrogen-bond donors (Lipinski definition) is 0. The van der Waals surface area contributed by atoms with Gasteiger partial charge in [0.25, 0.3) is 0 Å². The molecule has 2 aliphatic rings. The largest absolute Gasteiger partial charge is 0.493 e. The smallest absolute Gasteiger partial charge is 0.379 e.